The quantitative estimate of drug-likeness (QED) is 0.744. The van der Waals surface area contributed by atoms with Gasteiger partial charge in [-0.1, -0.05) is 20.3 Å². The predicted molar refractivity (Wildman–Crippen MR) is 70.6 cm³/mol. The molecule has 0 aromatic carbocycles. The number of thiol groups is 1. The largest absolute Gasteiger partial charge is 0.298 e. The fraction of sp³-hybridized carbons (Fsp3) is 1.00. The van der Waals surface area contributed by atoms with Crippen LogP contribution in [0.2, 0.25) is 0 Å². The molecule has 3 unspecified atom stereocenters. The SMILES string of the molecule is CCC(CS)CN1CCSC(C)C1C. The number of rotatable bonds is 4. The lowest BCUT2D eigenvalue weighted by atomic mass is 10.1. The van der Waals surface area contributed by atoms with Crippen LogP contribution in [0.5, 0.6) is 0 Å². The lowest BCUT2D eigenvalue weighted by Gasteiger charge is -2.39. The van der Waals surface area contributed by atoms with Crippen molar-refractivity contribution in [1.82, 2.24) is 4.90 Å². The van der Waals surface area contributed by atoms with Gasteiger partial charge < -0.3 is 0 Å². The molecule has 1 saturated heterocycles. The number of hydrogen-bond acceptors (Lipinski definition) is 3. The first kappa shape index (κ1) is 12.7. The molecule has 1 nitrogen and oxygen atoms in total. The Bertz CT molecular complexity index is 159. The zero-order valence-corrected chi connectivity index (χ0v) is 11.3. The normalized spacial score (nSPS) is 31.7. The average Bonchev–Trinajstić information content (AvgIpc) is 2.20. The van der Waals surface area contributed by atoms with Gasteiger partial charge >= 0.3 is 0 Å². The summed E-state index contributed by atoms with van der Waals surface area (Å²) in [5, 5.41) is 0.793. The van der Waals surface area contributed by atoms with Gasteiger partial charge in [-0.15, -0.1) is 0 Å². The second-order valence-electron chi connectivity index (χ2n) is 4.27. The summed E-state index contributed by atoms with van der Waals surface area (Å²) in [7, 11) is 0. The predicted octanol–water partition coefficient (Wildman–Crippen LogP) is 2.77. The minimum Gasteiger partial charge on any atom is -0.298 e. The Labute approximate surface area is 98.4 Å². The maximum absolute atomic E-state index is 4.42. The molecule has 0 aliphatic carbocycles. The molecule has 1 fully saturated rings. The van der Waals surface area contributed by atoms with E-state index in [1.54, 1.807) is 0 Å². The standard InChI is InChI=1S/C11H23NS2/c1-4-11(8-13)7-12-5-6-14-10(3)9(12)2/h9-11,13H,4-8H2,1-3H3. The Kier molecular flexibility index (Phi) is 5.72. The van der Waals surface area contributed by atoms with Gasteiger partial charge in [-0.05, 0) is 18.6 Å². The molecule has 1 aliphatic rings. The van der Waals surface area contributed by atoms with Crippen molar-refractivity contribution < 1.29 is 0 Å². The van der Waals surface area contributed by atoms with Gasteiger partial charge in [0.25, 0.3) is 0 Å². The van der Waals surface area contributed by atoms with E-state index in [9.17, 15) is 0 Å². The molecule has 0 bridgehead atoms. The van der Waals surface area contributed by atoms with Crippen LogP contribution in [0.15, 0.2) is 0 Å². The highest BCUT2D eigenvalue weighted by molar-refractivity contribution is 8.00. The Balaban J connectivity index is 2.41. The van der Waals surface area contributed by atoms with Gasteiger partial charge in [-0.2, -0.15) is 24.4 Å². The minimum atomic E-state index is 0.739. The summed E-state index contributed by atoms with van der Waals surface area (Å²) < 4.78 is 0. The van der Waals surface area contributed by atoms with Crippen LogP contribution in [0.1, 0.15) is 27.2 Å². The molecular weight excluding hydrogens is 210 g/mol. The molecule has 14 heavy (non-hydrogen) atoms. The minimum absolute atomic E-state index is 0.739. The second-order valence-corrected chi connectivity index (χ2v) is 6.12. The number of nitrogens with zero attached hydrogens (tertiary/aromatic N) is 1. The lowest BCUT2D eigenvalue weighted by Crippen LogP contribution is -2.46. The summed E-state index contributed by atoms with van der Waals surface area (Å²) in [6.07, 6.45) is 1.26. The topological polar surface area (TPSA) is 3.24 Å². The van der Waals surface area contributed by atoms with Crippen LogP contribution in [-0.2, 0) is 0 Å². The van der Waals surface area contributed by atoms with Gasteiger partial charge in [-0.3, -0.25) is 4.90 Å². The van der Waals surface area contributed by atoms with Gasteiger partial charge in [0.1, 0.15) is 0 Å². The molecular formula is C11H23NS2. The third-order valence-electron chi connectivity index (χ3n) is 3.34. The van der Waals surface area contributed by atoms with E-state index < -0.39 is 0 Å². The zero-order chi connectivity index (χ0) is 10.6. The molecule has 0 amide bonds. The van der Waals surface area contributed by atoms with E-state index in [-0.39, 0.29) is 0 Å². The summed E-state index contributed by atoms with van der Waals surface area (Å²) in [5.74, 6) is 3.10. The van der Waals surface area contributed by atoms with Crippen molar-refractivity contribution in [1.29, 1.82) is 0 Å². The first-order valence-corrected chi connectivity index (χ1v) is 7.33. The van der Waals surface area contributed by atoms with Crippen molar-refractivity contribution in [2.75, 3.05) is 24.6 Å². The third kappa shape index (κ3) is 3.35. The average molecular weight is 233 g/mol. The lowest BCUT2D eigenvalue weighted by molar-refractivity contribution is 0.185. The van der Waals surface area contributed by atoms with Crippen LogP contribution in [-0.4, -0.2) is 40.8 Å². The Hall–Kier alpha value is 0.660. The molecule has 3 heteroatoms. The van der Waals surface area contributed by atoms with Gasteiger partial charge in [0.2, 0.25) is 0 Å². The molecule has 0 aromatic heterocycles. The molecule has 0 radical (unpaired) electrons. The van der Waals surface area contributed by atoms with Crippen molar-refractivity contribution in [3.8, 4) is 0 Å². The van der Waals surface area contributed by atoms with Gasteiger partial charge in [0.15, 0.2) is 0 Å². The summed E-state index contributed by atoms with van der Waals surface area (Å²) >= 11 is 6.53. The molecule has 0 spiro atoms. The smallest absolute Gasteiger partial charge is 0.0184 e. The number of thioether (sulfide) groups is 1. The summed E-state index contributed by atoms with van der Waals surface area (Å²) in [6.45, 7) is 9.49. The van der Waals surface area contributed by atoms with Crippen molar-refractivity contribution in [2.45, 2.75) is 38.5 Å². The summed E-state index contributed by atoms with van der Waals surface area (Å²) in [4.78, 5) is 2.64. The third-order valence-corrected chi connectivity index (χ3v) is 5.20. The van der Waals surface area contributed by atoms with Crippen LogP contribution >= 0.6 is 24.4 Å². The monoisotopic (exact) mass is 233 g/mol. The van der Waals surface area contributed by atoms with Gasteiger partial charge in [0, 0.05) is 30.1 Å². The van der Waals surface area contributed by atoms with Crippen LogP contribution in [0.3, 0.4) is 0 Å². The molecule has 84 valence electrons. The maximum atomic E-state index is 4.42. The van der Waals surface area contributed by atoms with Gasteiger partial charge in [-0.25, -0.2) is 0 Å². The number of hydrogen-bond donors (Lipinski definition) is 1. The van der Waals surface area contributed by atoms with E-state index in [1.165, 1.54) is 25.3 Å². The first-order chi connectivity index (χ1) is 6.69. The Morgan fingerprint density at radius 1 is 1.50 bits per heavy atom. The van der Waals surface area contributed by atoms with E-state index in [0.717, 1.165) is 23.0 Å². The van der Waals surface area contributed by atoms with Crippen molar-refractivity contribution in [3.05, 3.63) is 0 Å². The zero-order valence-electron chi connectivity index (χ0n) is 9.57. The summed E-state index contributed by atoms with van der Waals surface area (Å²) in [5.41, 5.74) is 0. The Morgan fingerprint density at radius 2 is 2.21 bits per heavy atom. The van der Waals surface area contributed by atoms with Crippen molar-refractivity contribution in [2.24, 2.45) is 5.92 Å². The van der Waals surface area contributed by atoms with Gasteiger partial charge in [0.05, 0.1) is 0 Å². The highest BCUT2D eigenvalue weighted by Gasteiger charge is 2.26. The van der Waals surface area contributed by atoms with E-state index >= 15 is 0 Å². The van der Waals surface area contributed by atoms with Crippen LogP contribution in [0, 0.1) is 5.92 Å². The molecule has 3 atom stereocenters. The molecule has 0 N–H and O–H groups in total. The molecule has 1 rings (SSSR count). The van der Waals surface area contributed by atoms with E-state index in [4.69, 9.17) is 0 Å². The van der Waals surface area contributed by atoms with E-state index in [0.29, 0.717) is 0 Å². The fourth-order valence-corrected chi connectivity index (χ4v) is 3.44. The first-order valence-electron chi connectivity index (χ1n) is 5.65. The molecule has 1 aliphatic heterocycles. The second kappa shape index (κ2) is 6.29. The Morgan fingerprint density at radius 3 is 2.79 bits per heavy atom. The fourth-order valence-electron chi connectivity index (χ4n) is 1.90. The van der Waals surface area contributed by atoms with Crippen LogP contribution < -0.4 is 0 Å². The van der Waals surface area contributed by atoms with Crippen LogP contribution in [0.25, 0.3) is 0 Å². The van der Waals surface area contributed by atoms with E-state index in [1.807, 2.05) is 0 Å². The maximum Gasteiger partial charge on any atom is 0.0184 e. The summed E-state index contributed by atoms with van der Waals surface area (Å²) in [6, 6.07) is 0.739. The van der Waals surface area contributed by atoms with E-state index in [2.05, 4.69) is 50.1 Å². The van der Waals surface area contributed by atoms with Crippen molar-refractivity contribution >= 4 is 24.4 Å². The van der Waals surface area contributed by atoms with Crippen molar-refractivity contribution in [3.63, 3.8) is 0 Å². The molecule has 0 saturated carbocycles. The highest BCUT2D eigenvalue weighted by atomic mass is 32.2. The molecule has 1 heterocycles. The highest BCUT2D eigenvalue weighted by Crippen LogP contribution is 2.25. The molecule has 0 aromatic rings. The van der Waals surface area contributed by atoms with Crippen LogP contribution in [0.4, 0.5) is 0 Å².